The number of nitrogens with zero attached hydrogens (tertiary/aromatic N) is 1. The molecule has 1 saturated heterocycles. The summed E-state index contributed by atoms with van der Waals surface area (Å²) in [5.41, 5.74) is 2.35. The van der Waals surface area contributed by atoms with Crippen LogP contribution in [0, 0.1) is 0 Å². The van der Waals surface area contributed by atoms with Crippen molar-refractivity contribution in [3.63, 3.8) is 0 Å². The zero-order chi connectivity index (χ0) is 19.5. The summed E-state index contributed by atoms with van der Waals surface area (Å²) in [7, 11) is 0. The molecule has 0 saturated carbocycles. The average Bonchev–Trinajstić information content (AvgIpc) is 3.00. The van der Waals surface area contributed by atoms with Crippen LogP contribution in [0.15, 0.2) is 96.6 Å². The maximum atomic E-state index is 12.9. The molecule has 28 heavy (non-hydrogen) atoms. The van der Waals surface area contributed by atoms with Crippen LogP contribution in [-0.2, 0) is 16.1 Å². The SMILES string of the molecule is O=C1C(=O)N(Cc2ccccc2)C(c2ccccc2)/C1=C(/O)c1ccccc1. The highest BCUT2D eigenvalue weighted by molar-refractivity contribution is 6.46. The van der Waals surface area contributed by atoms with Gasteiger partial charge in [0.05, 0.1) is 11.6 Å². The van der Waals surface area contributed by atoms with E-state index in [1.54, 1.807) is 24.3 Å². The van der Waals surface area contributed by atoms with E-state index in [1.165, 1.54) is 4.90 Å². The van der Waals surface area contributed by atoms with E-state index in [9.17, 15) is 14.7 Å². The van der Waals surface area contributed by atoms with Crippen molar-refractivity contribution in [2.45, 2.75) is 12.6 Å². The number of carbonyl (C=O) groups excluding carboxylic acids is 2. The first kappa shape index (κ1) is 17.7. The Morgan fingerprint density at radius 1 is 0.786 bits per heavy atom. The average molecular weight is 369 g/mol. The summed E-state index contributed by atoms with van der Waals surface area (Å²) in [5, 5.41) is 10.9. The van der Waals surface area contributed by atoms with Gasteiger partial charge in [0.1, 0.15) is 5.76 Å². The molecule has 1 heterocycles. The van der Waals surface area contributed by atoms with Crippen LogP contribution in [0.1, 0.15) is 22.7 Å². The number of amides is 1. The molecule has 3 aromatic rings. The van der Waals surface area contributed by atoms with Crippen LogP contribution in [0.5, 0.6) is 0 Å². The molecule has 1 atom stereocenters. The van der Waals surface area contributed by atoms with Crippen LogP contribution in [0.25, 0.3) is 5.76 Å². The number of rotatable bonds is 4. The van der Waals surface area contributed by atoms with E-state index < -0.39 is 17.7 Å². The number of aliphatic hydroxyl groups excluding tert-OH is 1. The molecule has 1 aliphatic rings. The van der Waals surface area contributed by atoms with E-state index in [0.29, 0.717) is 5.56 Å². The summed E-state index contributed by atoms with van der Waals surface area (Å²) >= 11 is 0. The van der Waals surface area contributed by atoms with Crippen molar-refractivity contribution in [3.8, 4) is 0 Å². The van der Waals surface area contributed by atoms with Gasteiger partial charge in [-0.2, -0.15) is 0 Å². The zero-order valence-electron chi connectivity index (χ0n) is 15.2. The number of carbonyl (C=O) groups is 2. The molecular formula is C24H19NO3. The van der Waals surface area contributed by atoms with Crippen LogP contribution in [-0.4, -0.2) is 21.7 Å². The minimum absolute atomic E-state index is 0.123. The van der Waals surface area contributed by atoms with Gasteiger partial charge >= 0.3 is 0 Å². The van der Waals surface area contributed by atoms with Gasteiger partial charge in [0.2, 0.25) is 0 Å². The molecule has 3 aromatic carbocycles. The Morgan fingerprint density at radius 3 is 1.93 bits per heavy atom. The Bertz CT molecular complexity index is 1030. The predicted molar refractivity (Wildman–Crippen MR) is 107 cm³/mol. The van der Waals surface area contributed by atoms with E-state index in [2.05, 4.69) is 0 Å². The molecule has 1 N–H and O–H groups in total. The van der Waals surface area contributed by atoms with Gasteiger partial charge < -0.3 is 10.0 Å². The summed E-state index contributed by atoms with van der Waals surface area (Å²) in [4.78, 5) is 27.3. The van der Waals surface area contributed by atoms with Crippen molar-refractivity contribution in [1.29, 1.82) is 0 Å². The van der Waals surface area contributed by atoms with E-state index in [0.717, 1.165) is 11.1 Å². The Kier molecular flexibility index (Phi) is 4.77. The van der Waals surface area contributed by atoms with Gasteiger partial charge in [-0.3, -0.25) is 9.59 Å². The quantitative estimate of drug-likeness (QED) is 0.424. The number of hydrogen-bond donors (Lipinski definition) is 1. The lowest BCUT2D eigenvalue weighted by molar-refractivity contribution is -0.140. The Morgan fingerprint density at radius 2 is 1.32 bits per heavy atom. The van der Waals surface area contributed by atoms with Crippen LogP contribution < -0.4 is 0 Å². The smallest absolute Gasteiger partial charge is 0.295 e. The largest absolute Gasteiger partial charge is 0.507 e. The third-order valence-electron chi connectivity index (χ3n) is 4.90. The first-order valence-electron chi connectivity index (χ1n) is 9.09. The third-order valence-corrected chi connectivity index (χ3v) is 4.90. The van der Waals surface area contributed by atoms with Gasteiger partial charge in [-0.25, -0.2) is 0 Å². The fraction of sp³-hybridized carbons (Fsp3) is 0.0833. The minimum Gasteiger partial charge on any atom is -0.507 e. The van der Waals surface area contributed by atoms with Crippen LogP contribution in [0.4, 0.5) is 0 Å². The van der Waals surface area contributed by atoms with Crippen molar-refractivity contribution in [2.75, 3.05) is 0 Å². The Balaban J connectivity index is 1.85. The number of benzene rings is 3. The lowest BCUT2D eigenvalue weighted by Crippen LogP contribution is -2.29. The van der Waals surface area contributed by atoms with Crippen LogP contribution in [0.2, 0.25) is 0 Å². The van der Waals surface area contributed by atoms with Gasteiger partial charge in [-0.05, 0) is 11.1 Å². The summed E-state index contributed by atoms with van der Waals surface area (Å²) in [6, 6.07) is 27.1. The zero-order valence-corrected chi connectivity index (χ0v) is 15.2. The monoisotopic (exact) mass is 369 g/mol. The predicted octanol–water partition coefficient (Wildman–Crippen LogP) is 4.31. The summed E-state index contributed by atoms with van der Waals surface area (Å²) < 4.78 is 0. The summed E-state index contributed by atoms with van der Waals surface area (Å²) in [6.07, 6.45) is 0. The van der Waals surface area contributed by atoms with Gasteiger partial charge in [0.25, 0.3) is 11.7 Å². The van der Waals surface area contributed by atoms with Gasteiger partial charge in [0, 0.05) is 12.1 Å². The molecule has 4 rings (SSSR count). The molecule has 0 aromatic heterocycles. The minimum atomic E-state index is -0.661. The first-order valence-corrected chi connectivity index (χ1v) is 9.09. The fourth-order valence-corrected chi connectivity index (χ4v) is 3.56. The van der Waals surface area contributed by atoms with E-state index in [-0.39, 0.29) is 17.9 Å². The molecular weight excluding hydrogens is 350 g/mol. The Labute approximate surface area is 163 Å². The highest BCUT2D eigenvalue weighted by Gasteiger charge is 2.45. The second-order valence-electron chi connectivity index (χ2n) is 6.69. The fourth-order valence-electron chi connectivity index (χ4n) is 3.56. The molecule has 1 fully saturated rings. The van der Waals surface area contributed by atoms with Gasteiger partial charge in [-0.15, -0.1) is 0 Å². The second kappa shape index (κ2) is 7.53. The lowest BCUT2D eigenvalue weighted by Gasteiger charge is -2.25. The van der Waals surface area contributed by atoms with Gasteiger partial charge in [0.15, 0.2) is 0 Å². The standard InChI is InChI=1S/C24H19NO3/c26-22(19-14-8-3-9-15-19)20-21(18-12-6-2-7-13-18)25(24(28)23(20)27)16-17-10-4-1-5-11-17/h1-15,21,26H,16H2/b22-20-. The highest BCUT2D eigenvalue weighted by Crippen LogP contribution is 2.40. The molecule has 1 unspecified atom stereocenters. The molecule has 0 bridgehead atoms. The lowest BCUT2D eigenvalue weighted by atomic mass is 9.95. The summed E-state index contributed by atoms with van der Waals surface area (Å²) in [5.74, 6) is -1.41. The maximum absolute atomic E-state index is 12.9. The molecule has 0 radical (unpaired) electrons. The van der Waals surface area contributed by atoms with E-state index in [4.69, 9.17) is 0 Å². The number of Topliss-reactive ketones (excluding diaryl/α,β-unsaturated/α-hetero) is 1. The van der Waals surface area contributed by atoms with Crippen LogP contribution >= 0.6 is 0 Å². The van der Waals surface area contributed by atoms with Crippen LogP contribution in [0.3, 0.4) is 0 Å². The van der Waals surface area contributed by atoms with E-state index >= 15 is 0 Å². The topological polar surface area (TPSA) is 57.6 Å². The molecule has 0 spiro atoms. The molecule has 4 heteroatoms. The normalized spacial score (nSPS) is 18.4. The highest BCUT2D eigenvalue weighted by atomic mass is 16.3. The first-order chi connectivity index (χ1) is 13.7. The molecule has 1 aliphatic heterocycles. The number of likely N-dealkylation sites (tertiary alicyclic amines) is 1. The summed E-state index contributed by atoms with van der Waals surface area (Å²) in [6.45, 7) is 0.288. The molecule has 1 amide bonds. The Hall–Kier alpha value is -3.66. The second-order valence-corrected chi connectivity index (χ2v) is 6.69. The number of aliphatic hydroxyl groups is 1. The van der Waals surface area contributed by atoms with Crippen molar-refractivity contribution in [3.05, 3.63) is 113 Å². The maximum Gasteiger partial charge on any atom is 0.295 e. The third kappa shape index (κ3) is 3.21. The van der Waals surface area contributed by atoms with E-state index in [1.807, 2.05) is 66.7 Å². The molecule has 0 aliphatic carbocycles. The number of ketones is 1. The molecule has 4 nitrogen and oxygen atoms in total. The molecule has 138 valence electrons. The van der Waals surface area contributed by atoms with Crippen molar-refractivity contribution < 1.29 is 14.7 Å². The van der Waals surface area contributed by atoms with Crippen molar-refractivity contribution in [2.24, 2.45) is 0 Å². The number of hydrogen-bond acceptors (Lipinski definition) is 3. The van der Waals surface area contributed by atoms with Crippen molar-refractivity contribution in [1.82, 2.24) is 4.90 Å². The van der Waals surface area contributed by atoms with Crippen molar-refractivity contribution >= 4 is 17.4 Å². The van der Waals surface area contributed by atoms with Gasteiger partial charge in [-0.1, -0.05) is 91.0 Å².